The van der Waals surface area contributed by atoms with Crippen molar-refractivity contribution in [2.75, 3.05) is 53.0 Å². The molecule has 0 amide bonds. The van der Waals surface area contributed by atoms with Gasteiger partial charge in [-0.05, 0) is 45.9 Å². The van der Waals surface area contributed by atoms with Gasteiger partial charge >= 0.3 is 0 Å². The van der Waals surface area contributed by atoms with Crippen molar-refractivity contribution in [1.29, 1.82) is 0 Å². The van der Waals surface area contributed by atoms with E-state index in [9.17, 15) is 0 Å². The second-order valence-corrected chi connectivity index (χ2v) is 6.50. The Hall–Kier alpha value is -0.160. The summed E-state index contributed by atoms with van der Waals surface area (Å²) in [4.78, 5) is 5.16. The first-order chi connectivity index (χ1) is 9.74. The van der Waals surface area contributed by atoms with Crippen LogP contribution in [0.2, 0.25) is 0 Å². The molecule has 0 saturated carbocycles. The lowest BCUT2D eigenvalue weighted by atomic mass is 10.0. The summed E-state index contributed by atoms with van der Waals surface area (Å²) >= 11 is 0. The topological polar surface area (TPSA) is 27.7 Å². The Bertz CT molecular complexity index is 274. The number of ether oxygens (including phenoxy) is 1. The Morgan fingerprint density at radius 2 is 2.10 bits per heavy atom. The van der Waals surface area contributed by atoms with Crippen LogP contribution in [0.5, 0.6) is 0 Å². The molecular weight excluding hydrogens is 250 g/mol. The van der Waals surface area contributed by atoms with E-state index in [1.54, 1.807) is 0 Å². The highest BCUT2D eigenvalue weighted by atomic mass is 16.5. The maximum atomic E-state index is 5.68. The normalized spacial score (nSPS) is 31.5. The van der Waals surface area contributed by atoms with Gasteiger partial charge in [-0.15, -0.1) is 0 Å². The van der Waals surface area contributed by atoms with E-state index in [-0.39, 0.29) is 0 Å². The minimum Gasteiger partial charge on any atom is -0.379 e. The van der Waals surface area contributed by atoms with Crippen LogP contribution in [-0.2, 0) is 4.74 Å². The summed E-state index contributed by atoms with van der Waals surface area (Å²) in [6.45, 7) is 12.3. The van der Waals surface area contributed by atoms with Crippen molar-refractivity contribution >= 4 is 0 Å². The average Bonchev–Trinajstić information content (AvgIpc) is 3.05. The van der Waals surface area contributed by atoms with Crippen LogP contribution >= 0.6 is 0 Å². The van der Waals surface area contributed by atoms with E-state index in [0.717, 1.165) is 32.3 Å². The van der Waals surface area contributed by atoms with Crippen LogP contribution in [0, 0.1) is 5.92 Å². The van der Waals surface area contributed by atoms with Crippen LogP contribution in [0.4, 0.5) is 0 Å². The zero-order valence-electron chi connectivity index (χ0n) is 13.6. The van der Waals surface area contributed by atoms with E-state index in [2.05, 4.69) is 36.0 Å². The number of rotatable bonds is 8. The van der Waals surface area contributed by atoms with Crippen molar-refractivity contribution in [2.45, 2.75) is 45.2 Å². The highest BCUT2D eigenvalue weighted by Gasteiger charge is 2.30. The predicted octanol–water partition coefficient (Wildman–Crippen LogP) is 1.42. The quantitative estimate of drug-likeness (QED) is 0.729. The summed E-state index contributed by atoms with van der Waals surface area (Å²) in [5, 5.41) is 3.64. The van der Waals surface area contributed by atoms with E-state index in [1.165, 1.54) is 38.9 Å². The fraction of sp³-hybridized carbons (Fsp3) is 1.00. The SMILES string of the molecule is CCCNC1COCC1CN(C)CC1CCCN1CC. The molecule has 0 spiro atoms. The van der Waals surface area contributed by atoms with E-state index < -0.39 is 0 Å². The molecule has 0 aromatic carbocycles. The van der Waals surface area contributed by atoms with Crippen molar-refractivity contribution in [2.24, 2.45) is 5.92 Å². The molecule has 2 saturated heterocycles. The maximum absolute atomic E-state index is 5.68. The van der Waals surface area contributed by atoms with E-state index in [4.69, 9.17) is 4.74 Å². The Morgan fingerprint density at radius 1 is 1.25 bits per heavy atom. The molecule has 20 heavy (non-hydrogen) atoms. The van der Waals surface area contributed by atoms with Crippen LogP contribution in [0.1, 0.15) is 33.1 Å². The van der Waals surface area contributed by atoms with Crippen molar-refractivity contribution in [3.63, 3.8) is 0 Å². The molecule has 0 radical (unpaired) electrons. The summed E-state index contributed by atoms with van der Waals surface area (Å²) in [5.74, 6) is 0.656. The summed E-state index contributed by atoms with van der Waals surface area (Å²) in [6.07, 6.45) is 3.95. The lowest BCUT2D eigenvalue weighted by Gasteiger charge is -2.30. The molecule has 4 heteroatoms. The fourth-order valence-corrected chi connectivity index (χ4v) is 3.69. The van der Waals surface area contributed by atoms with Crippen molar-refractivity contribution in [1.82, 2.24) is 15.1 Å². The zero-order chi connectivity index (χ0) is 14.4. The lowest BCUT2D eigenvalue weighted by Crippen LogP contribution is -2.44. The number of hydrogen-bond donors (Lipinski definition) is 1. The standard InChI is InChI=1S/C16H33N3O/c1-4-8-17-16-13-20-12-14(16)10-18(3)11-15-7-6-9-19(15)5-2/h14-17H,4-13H2,1-3H3. The molecule has 0 aromatic heterocycles. The smallest absolute Gasteiger partial charge is 0.0623 e. The number of likely N-dealkylation sites (tertiary alicyclic amines) is 1. The van der Waals surface area contributed by atoms with E-state index in [0.29, 0.717) is 12.0 Å². The van der Waals surface area contributed by atoms with Gasteiger partial charge in [0.2, 0.25) is 0 Å². The van der Waals surface area contributed by atoms with Gasteiger partial charge in [0.05, 0.1) is 13.2 Å². The molecule has 3 unspecified atom stereocenters. The molecule has 2 aliphatic rings. The van der Waals surface area contributed by atoms with Crippen LogP contribution in [0.3, 0.4) is 0 Å². The fourth-order valence-electron chi connectivity index (χ4n) is 3.69. The Kier molecular flexibility index (Phi) is 6.75. The van der Waals surface area contributed by atoms with Crippen molar-refractivity contribution < 1.29 is 4.74 Å². The molecular formula is C16H33N3O. The maximum Gasteiger partial charge on any atom is 0.0623 e. The first-order valence-corrected chi connectivity index (χ1v) is 8.48. The molecule has 2 heterocycles. The third-order valence-corrected chi connectivity index (χ3v) is 4.83. The monoisotopic (exact) mass is 283 g/mol. The predicted molar refractivity (Wildman–Crippen MR) is 84.2 cm³/mol. The summed E-state index contributed by atoms with van der Waals surface area (Å²) in [6, 6.07) is 1.33. The van der Waals surface area contributed by atoms with Gasteiger partial charge in [-0.2, -0.15) is 0 Å². The molecule has 4 nitrogen and oxygen atoms in total. The first kappa shape index (κ1) is 16.2. The average molecular weight is 283 g/mol. The Morgan fingerprint density at radius 3 is 2.85 bits per heavy atom. The largest absolute Gasteiger partial charge is 0.379 e. The highest BCUT2D eigenvalue weighted by Crippen LogP contribution is 2.19. The van der Waals surface area contributed by atoms with Gasteiger partial charge < -0.3 is 15.0 Å². The van der Waals surface area contributed by atoms with Crippen molar-refractivity contribution in [3.05, 3.63) is 0 Å². The van der Waals surface area contributed by atoms with Crippen molar-refractivity contribution in [3.8, 4) is 0 Å². The molecule has 0 bridgehead atoms. The molecule has 0 aromatic rings. The molecule has 1 N–H and O–H groups in total. The number of nitrogens with zero attached hydrogens (tertiary/aromatic N) is 2. The third-order valence-electron chi connectivity index (χ3n) is 4.83. The van der Waals surface area contributed by atoms with Gasteiger partial charge in [0.25, 0.3) is 0 Å². The van der Waals surface area contributed by atoms with Gasteiger partial charge in [0, 0.05) is 31.1 Å². The first-order valence-electron chi connectivity index (χ1n) is 8.48. The Balaban J connectivity index is 1.74. The van der Waals surface area contributed by atoms with E-state index >= 15 is 0 Å². The number of nitrogens with one attached hydrogen (secondary N) is 1. The Labute approximate surface area is 124 Å². The summed E-state index contributed by atoms with van der Waals surface area (Å²) < 4.78 is 5.68. The van der Waals surface area contributed by atoms with E-state index in [1.807, 2.05) is 0 Å². The molecule has 118 valence electrons. The molecule has 3 atom stereocenters. The lowest BCUT2D eigenvalue weighted by molar-refractivity contribution is 0.158. The molecule has 2 fully saturated rings. The minimum atomic E-state index is 0.559. The van der Waals surface area contributed by atoms with Gasteiger partial charge in [-0.3, -0.25) is 4.90 Å². The van der Waals surface area contributed by atoms with Gasteiger partial charge in [-0.25, -0.2) is 0 Å². The van der Waals surface area contributed by atoms with Crippen LogP contribution < -0.4 is 5.32 Å². The van der Waals surface area contributed by atoms with Gasteiger partial charge in [0.1, 0.15) is 0 Å². The highest BCUT2D eigenvalue weighted by molar-refractivity contribution is 4.85. The summed E-state index contributed by atoms with van der Waals surface area (Å²) in [5.41, 5.74) is 0. The molecule has 2 aliphatic heterocycles. The van der Waals surface area contributed by atoms with Crippen LogP contribution in [0.15, 0.2) is 0 Å². The number of hydrogen-bond acceptors (Lipinski definition) is 4. The molecule has 0 aliphatic carbocycles. The number of likely N-dealkylation sites (N-methyl/N-ethyl adjacent to an activating group) is 2. The minimum absolute atomic E-state index is 0.559. The van der Waals surface area contributed by atoms with Crippen LogP contribution in [0.25, 0.3) is 0 Å². The second-order valence-electron chi connectivity index (χ2n) is 6.50. The summed E-state index contributed by atoms with van der Waals surface area (Å²) in [7, 11) is 2.28. The van der Waals surface area contributed by atoms with Gasteiger partial charge in [0.15, 0.2) is 0 Å². The van der Waals surface area contributed by atoms with Crippen LogP contribution in [-0.4, -0.2) is 74.9 Å². The molecule has 2 rings (SSSR count). The third kappa shape index (κ3) is 4.42. The zero-order valence-corrected chi connectivity index (χ0v) is 13.6. The second kappa shape index (κ2) is 8.32. The van der Waals surface area contributed by atoms with Gasteiger partial charge in [-0.1, -0.05) is 13.8 Å².